The van der Waals surface area contributed by atoms with Crippen molar-refractivity contribution in [1.29, 1.82) is 0 Å². The lowest BCUT2D eigenvalue weighted by atomic mass is 10.0. The van der Waals surface area contributed by atoms with Gasteiger partial charge in [-0.3, -0.25) is 4.98 Å². The van der Waals surface area contributed by atoms with E-state index in [1.807, 2.05) is 6.07 Å². The number of pyridine rings is 1. The highest BCUT2D eigenvalue weighted by molar-refractivity contribution is 6.31. The van der Waals surface area contributed by atoms with Gasteiger partial charge in [0, 0.05) is 30.8 Å². The van der Waals surface area contributed by atoms with Crippen molar-refractivity contribution in [1.82, 2.24) is 9.88 Å². The van der Waals surface area contributed by atoms with Gasteiger partial charge in [-0.1, -0.05) is 17.7 Å². The topological polar surface area (TPSA) is 16.1 Å². The van der Waals surface area contributed by atoms with E-state index in [0.29, 0.717) is 0 Å². The fourth-order valence-electron chi connectivity index (χ4n) is 2.37. The Hall–Kier alpha value is -1.45. The molecule has 1 aliphatic rings. The lowest BCUT2D eigenvalue weighted by Crippen LogP contribution is -2.27. The predicted molar refractivity (Wildman–Crippen MR) is 74.7 cm³/mol. The molecule has 0 saturated carbocycles. The van der Waals surface area contributed by atoms with Gasteiger partial charge in [0.25, 0.3) is 0 Å². The maximum Gasteiger partial charge on any atom is 0.141 e. The fraction of sp³-hybridized carbons (Fsp3) is 0.267. The van der Waals surface area contributed by atoms with Crippen LogP contribution in [0.15, 0.2) is 30.3 Å². The molecule has 1 aliphatic heterocycles. The summed E-state index contributed by atoms with van der Waals surface area (Å²) >= 11 is 5.82. The monoisotopic (exact) mass is 276 g/mol. The highest BCUT2D eigenvalue weighted by Gasteiger charge is 2.15. The van der Waals surface area contributed by atoms with E-state index in [2.05, 4.69) is 23.0 Å². The molecular formula is C15H14ClFN2. The van der Waals surface area contributed by atoms with Gasteiger partial charge < -0.3 is 4.90 Å². The standard InChI is InChI=1S/C15H14ClFN2/c1-19-7-6-15-11(9-19)3-5-14(18-15)10-2-4-13(17)12(16)8-10/h2-5,8H,6-7,9H2,1H3. The minimum Gasteiger partial charge on any atom is -0.302 e. The zero-order valence-electron chi connectivity index (χ0n) is 10.7. The summed E-state index contributed by atoms with van der Waals surface area (Å²) < 4.78 is 13.2. The summed E-state index contributed by atoms with van der Waals surface area (Å²) in [6, 6.07) is 8.80. The molecule has 1 aromatic carbocycles. The molecule has 0 amide bonds. The van der Waals surface area contributed by atoms with Crippen molar-refractivity contribution in [2.75, 3.05) is 13.6 Å². The van der Waals surface area contributed by atoms with Crippen LogP contribution in [-0.2, 0) is 13.0 Å². The Bertz CT molecular complexity index is 628. The number of benzene rings is 1. The normalized spacial score (nSPS) is 15.3. The third-order valence-electron chi connectivity index (χ3n) is 3.45. The summed E-state index contributed by atoms with van der Waals surface area (Å²) in [6.07, 6.45) is 0.953. The lowest BCUT2D eigenvalue weighted by Gasteiger charge is -2.24. The van der Waals surface area contributed by atoms with Crippen molar-refractivity contribution >= 4 is 11.6 Å². The van der Waals surface area contributed by atoms with E-state index in [0.717, 1.165) is 36.5 Å². The molecule has 19 heavy (non-hydrogen) atoms. The van der Waals surface area contributed by atoms with Gasteiger partial charge in [0.15, 0.2) is 0 Å². The van der Waals surface area contributed by atoms with Crippen molar-refractivity contribution in [3.8, 4) is 11.3 Å². The number of aromatic nitrogens is 1. The first-order valence-corrected chi connectivity index (χ1v) is 6.64. The summed E-state index contributed by atoms with van der Waals surface area (Å²) in [5, 5.41) is 0.136. The number of hydrogen-bond acceptors (Lipinski definition) is 2. The number of fused-ring (bicyclic) bond motifs is 1. The molecule has 0 fully saturated rings. The molecule has 0 atom stereocenters. The van der Waals surface area contributed by atoms with Crippen molar-refractivity contribution in [2.45, 2.75) is 13.0 Å². The molecule has 3 rings (SSSR count). The molecule has 0 bridgehead atoms. The van der Waals surface area contributed by atoms with E-state index >= 15 is 0 Å². The lowest BCUT2D eigenvalue weighted by molar-refractivity contribution is 0.310. The molecule has 2 nitrogen and oxygen atoms in total. The van der Waals surface area contributed by atoms with Gasteiger partial charge in [0.1, 0.15) is 5.82 Å². The van der Waals surface area contributed by atoms with Crippen LogP contribution in [0.3, 0.4) is 0 Å². The summed E-state index contributed by atoms with van der Waals surface area (Å²) in [5.74, 6) is -0.398. The Labute approximate surface area is 116 Å². The second-order valence-corrected chi connectivity index (χ2v) is 5.33. The van der Waals surface area contributed by atoms with Crippen LogP contribution in [0.1, 0.15) is 11.3 Å². The Kier molecular flexibility index (Phi) is 3.25. The number of likely N-dealkylation sites (N-methyl/N-ethyl adjacent to an activating group) is 1. The Morgan fingerprint density at radius 1 is 1.26 bits per heavy atom. The maximum absolute atomic E-state index is 13.2. The van der Waals surface area contributed by atoms with Crippen LogP contribution in [0.2, 0.25) is 5.02 Å². The summed E-state index contributed by atoms with van der Waals surface area (Å²) in [7, 11) is 2.11. The summed E-state index contributed by atoms with van der Waals surface area (Å²) in [4.78, 5) is 6.96. The first-order valence-electron chi connectivity index (χ1n) is 6.26. The number of halogens is 2. The molecule has 2 heterocycles. The van der Waals surface area contributed by atoms with Gasteiger partial charge >= 0.3 is 0 Å². The molecule has 98 valence electrons. The first kappa shape index (κ1) is 12.6. The SMILES string of the molecule is CN1CCc2nc(-c3ccc(F)c(Cl)c3)ccc2C1. The smallest absolute Gasteiger partial charge is 0.141 e. The number of nitrogens with zero attached hydrogens (tertiary/aromatic N) is 2. The molecule has 0 aliphatic carbocycles. The van der Waals surface area contributed by atoms with Crippen LogP contribution < -0.4 is 0 Å². The predicted octanol–water partition coefficient (Wildman–Crippen LogP) is 3.53. The van der Waals surface area contributed by atoms with Gasteiger partial charge in [-0.15, -0.1) is 0 Å². The van der Waals surface area contributed by atoms with Gasteiger partial charge in [0.2, 0.25) is 0 Å². The fourth-order valence-corrected chi connectivity index (χ4v) is 2.55. The van der Waals surface area contributed by atoms with Gasteiger partial charge in [0.05, 0.1) is 10.7 Å². The number of rotatable bonds is 1. The molecule has 2 aromatic rings. The highest BCUT2D eigenvalue weighted by Crippen LogP contribution is 2.26. The summed E-state index contributed by atoms with van der Waals surface area (Å²) in [6.45, 7) is 1.96. The van der Waals surface area contributed by atoms with Crippen LogP contribution in [-0.4, -0.2) is 23.5 Å². The maximum atomic E-state index is 13.2. The van der Waals surface area contributed by atoms with E-state index in [1.54, 1.807) is 12.1 Å². The second kappa shape index (κ2) is 4.91. The average Bonchev–Trinajstić information content (AvgIpc) is 2.41. The quantitative estimate of drug-likeness (QED) is 0.792. The zero-order valence-corrected chi connectivity index (χ0v) is 11.4. The van der Waals surface area contributed by atoms with E-state index in [-0.39, 0.29) is 5.02 Å². The molecule has 0 radical (unpaired) electrons. The first-order chi connectivity index (χ1) is 9.13. The van der Waals surface area contributed by atoms with Gasteiger partial charge in [-0.25, -0.2) is 4.39 Å². The third-order valence-corrected chi connectivity index (χ3v) is 3.74. The van der Waals surface area contributed by atoms with E-state index in [1.165, 1.54) is 11.6 Å². The Morgan fingerprint density at radius 2 is 2.11 bits per heavy atom. The molecular weight excluding hydrogens is 263 g/mol. The third kappa shape index (κ3) is 2.48. The zero-order chi connectivity index (χ0) is 13.4. The molecule has 0 spiro atoms. The molecule has 0 saturated heterocycles. The minimum absolute atomic E-state index is 0.136. The van der Waals surface area contributed by atoms with E-state index in [9.17, 15) is 4.39 Å². The Balaban J connectivity index is 2.00. The minimum atomic E-state index is -0.398. The Morgan fingerprint density at radius 3 is 2.89 bits per heavy atom. The van der Waals surface area contributed by atoms with Crippen LogP contribution in [0.4, 0.5) is 4.39 Å². The highest BCUT2D eigenvalue weighted by atomic mass is 35.5. The van der Waals surface area contributed by atoms with Crippen LogP contribution in [0.5, 0.6) is 0 Å². The van der Waals surface area contributed by atoms with Crippen molar-refractivity contribution in [2.24, 2.45) is 0 Å². The van der Waals surface area contributed by atoms with Crippen molar-refractivity contribution < 1.29 is 4.39 Å². The average molecular weight is 277 g/mol. The summed E-state index contributed by atoms with van der Waals surface area (Å²) in [5.41, 5.74) is 4.11. The number of hydrogen-bond donors (Lipinski definition) is 0. The van der Waals surface area contributed by atoms with Gasteiger partial charge in [-0.05, 0) is 36.9 Å². The van der Waals surface area contributed by atoms with Crippen molar-refractivity contribution in [3.63, 3.8) is 0 Å². The van der Waals surface area contributed by atoms with E-state index in [4.69, 9.17) is 11.6 Å². The largest absolute Gasteiger partial charge is 0.302 e. The molecule has 1 aromatic heterocycles. The molecule has 4 heteroatoms. The van der Waals surface area contributed by atoms with Gasteiger partial charge in [-0.2, -0.15) is 0 Å². The van der Waals surface area contributed by atoms with Crippen LogP contribution >= 0.6 is 11.6 Å². The van der Waals surface area contributed by atoms with Crippen LogP contribution in [0, 0.1) is 5.82 Å². The molecule has 0 unspecified atom stereocenters. The molecule has 0 N–H and O–H groups in total. The van der Waals surface area contributed by atoms with Crippen LogP contribution in [0.25, 0.3) is 11.3 Å². The second-order valence-electron chi connectivity index (χ2n) is 4.92. The van der Waals surface area contributed by atoms with Crippen molar-refractivity contribution in [3.05, 3.63) is 52.4 Å². The van der Waals surface area contributed by atoms with E-state index < -0.39 is 5.82 Å².